The van der Waals surface area contributed by atoms with Crippen LogP contribution in [-0.4, -0.2) is 16.0 Å². The summed E-state index contributed by atoms with van der Waals surface area (Å²) in [5.74, 6) is 0.466. The molecule has 2 amide bonds. The Bertz CT molecular complexity index is 1650. The topological polar surface area (TPSA) is 93.6 Å². The smallest absolute Gasteiger partial charge is 0.338 e. The lowest BCUT2D eigenvalue weighted by molar-refractivity contribution is -0.137. The number of carbonyl (C=O) groups excluding carboxylic acids is 1. The van der Waals surface area contributed by atoms with E-state index >= 15 is 0 Å². The molecule has 0 fully saturated rings. The number of aromatic amines is 1. The zero-order valence-electron chi connectivity index (χ0n) is 19.1. The minimum atomic E-state index is -4.42. The maximum Gasteiger partial charge on any atom is 0.416 e. The van der Waals surface area contributed by atoms with Gasteiger partial charge in [-0.15, -0.1) is 0 Å². The summed E-state index contributed by atoms with van der Waals surface area (Å²) >= 11 is 0. The van der Waals surface area contributed by atoms with Crippen LogP contribution in [0.25, 0.3) is 33.5 Å². The number of nitrogens with zero attached hydrogens (tertiary/aromatic N) is 2. The van der Waals surface area contributed by atoms with Crippen LogP contribution in [-0.2, 0) is 6.18 Å². The van der Waals surface area contributed by atoms with Gasteiger partial charge in [-0.1, -0.05) is 42.5 Å². The van der Waals surface area contributed by atoms with Crippen molar-refractivity contribution in [1.29, 1.82) is 5.26 Å². The summed E-state index contributed by atoms with van der Waals surface area (Å²) in [7, 11) is 0. The van der Waals surface area contributed by atoms with Crippen molar-refractivity contribution in [1.82, 2.24) is 9.97 Å². The highest BCUT2D eigenvalue weighted by Crippen LogP contribution is 2.32. The van der Waals surface area contributed by atoms with E-state index in [1.54, 1.807) is 30.3 Å². The number of hydrogen-bond donors (Lipinski definition) is 3. The van der Waals surface area contributed by atoms with Gasteiger partial charge in [0, 0.05) is 16.9 Å². The van der Waals surface area contributed by atoms with Crippen molar-refractivity contribution in [2.24, 2.45) is 0 Å². The fraction of sp³-hybridized carbons (Fsp3) is 0.0357. The largest absolute Gasteiger partial charge is 0.416 e. The summed E-state index contributed by atoms with van der Waals surface area (Å²) in [5, 5.41) is 14.5. The molecule has 1 aromatic heterocycles. The molecule has 0 aliphatic carbocycles. The fourth-order valence-electron chi connectivity index (χ4n) is 3.88. The molecule has 0 saturated heterocycles. The highest BCUT2D eigenvalue weighted by molar-refractivity contribution is 6.00. The van der Waals surface area contributed by atoms with Crippen LogP contribution in [0.15, 0.2) is 91.0 Å². The van der Waals surface area contributed by atoms with Crippen LogP contribution in [0, 0.1) is 11.3 Å². The van der Waals surface area contributed by atoms with Gasteiger partial charge in [-0.2, -0.15) is 18.4 Å². The molecular formula is C28H18F3N5O. The molecule has 5 aromatic rings. The number of benzene rings is 4. The first-order valence-electron chi connectivity index (χ1n) is 11.1. The van der Waals surface area contributed by atoms with Crippen LogP contribution in [0.1, 0.15) is 11.1 Å². The Kier molecular flexibility index (Phi) is 6.07. The number of carbonyl (C=O) groups is 1. The Hall–Kier alpha value is -5.10. The second-order valence-corrected chi connectivity index (χ2v) is 8.24. The predicted octanol–water partition coefficient (Wildman–Crippen LogP) is 7.43. The van der Waals surface area contributed by atoms with Gasteiger partial charge in [0.05, 0.1) is 28.2 Å². The molecule has 182 valence electrons. The van der Waals surface area contributed by atoms with E-state index in [1.165, 1.54) is 6.07 Å². The third kappa shape index (κ3) is 5.28. The van der Waals surface area contributed by atoms with Gasteiger partial charge in [0.1, 0.15) is 5.82 Å². The maximum atomic E-state index is 13.0. The minimum Gasteiger partial charge on any atom is -0.338 e. The Morgan fingerprint density at radius 1 is 0.811 bits per heavy atom. The molecule has 0 unspecified atom stereocenters. The highest BCUT2D eigenvalue weighted by atomic mass is 19.4. The Morgan fingerprint density at radius 2 is 1.49 bits per heavy atom. The molecule has 5 rings (SSSR count). The number of amides is 2. The molecule has 0 spiro atoms. The van der Waals surface area contributed by atoms with Crippen LogP contribution < -0.4 is 10.6 Å². The van der Waals surface area contributed by atoms with Crippen molar-refractivity contribution < 1.29 is 18.0 Å². The summed E-state index contributed by atoms with van der Waals surface area (Å²) in [6.45, 7) is 0. The number of H-pyrrole nitrogens is 1. The van der Waals surface area contributed by atoms with Gasteiger partial charge < -0.3 is 15.6 Å². The van der Waals surface area contributed by atoms with Crippen molar-refractivity contribution in [2.75, 3.05) is 10.6 Å². The molecule has 4 aromatic carbocycles. The van der Waals surface area contributed by atoms with Gasteiger partial charge in [-0.3, -0.25) is 0 Å². The van der Waals surface area contributed by atoms with Crippen molar-refractivity contribution in [3.63, 3.8) is 0 Å². The van der Waals surface area contributed by atoms with E-state index in [2.05, 4.69) is 20.6 Å². The van der Waals surface area contributed by atoms with Crippen molar-refractivity contribution >= 4 is 28.4 Å². The maximum absolute atomic E-state index is 13.0. The summed E-state index contributed by atoms with van der Waals surface area (Å²) in [6.07, 6.45) is -4.42. The number of nitrogens with one attached hydrogen (secondary N) is 3. The molecule has 0 aliphatic rings. The van der Waals surface area contributed by atoms with Crippen LogP contribution >= 0.6 is 0 Å². The van der Waals surface area contributed by atoms with Gasteiger partial charge in [-0.25, -0.2) is 9.78 Å². The van der Waals surface area contributed by atoms with Crippen LogP contribution in [0.3, 0.4) is 0 Å². The molecule has 0 saturated carbocycles. The van der Waals surface area contributed by atoms with Crippen molar-refractivity contribution in [3.05, 3.63) is 102 Å². The van der Waals surface area contributed by atoms with E-state index in [0.29, 0.717) is 33.8 Å². The number of hydrogen-bond acceptors (Lipinski definition) is 3. The standard InChI is InChI=1S/C28H18F3N5O/c29-28(30,31)21-11-12-24-25(15-21)36-26(35-24)19-9-7-18(8-10-19)20-4-2-6-23(14-20)34-27(37)33-22-5-1-3-17(13-22)16-32/h1-15H,(H,35,36)(H2,33,34,37). The Labute approximate surface area is 209 Å². The summed E-state index contributed by atoms with van der Waals surface area (Å²) < 4.78 is 39.0. The van der Waals surface area contributed by atoms with Crippen LogP contribution in [0.2, 0.25) is 0 Å². The Morgan fingerprint density at radius 3 is 2.19 bits per heavy atom. The van der Waals surface area contributed by atoms with Crippen molar-refractivity contribution in [3.8, 4) is 28.6 Å². The summed E-state index contributed by atoms with van der Waals surface area (Å²) in [5.41, 5.74) is 4.01. The number of fused-ring (bicyclic) bond motifs is 1. The lowest BCUT2D eigenvalue weighted by Crippen LogP contribution is -2.19. The third-order valence-corrected chi connectivity index (χ3v) is 5.67. The SMILES string of the molecule is N#Cc1cccc(NC(=O)Nc2cccc(-c3ccc(-c4nc5ccc(C(F)(F)F)cc5[nH]4)cc3)c2)c1. The highest BCUT2D eigenvalue weighted by Gasteiger charge is 2.30. The van der Waals surface area contributed by atoms with Gasteiger partial charge >= 0.3 is 12.2 Å². The van der Waals surface area contributed by atoms with E-state index in [-0.39, 0.29) is 0 Å². The number of anilines is 2. The molecule has 37 heavy (non-hydrogen) atoms. The third-order valence-electron chi connectivity index (χ3n) is 5.67. The second-order valence-electron chi connectivity index (χ2n) is 8.24. The van der Waals surface area contributed by atoms with E-state index < -0.39 is 17.8 Å². The van der Waals surface area contributed by atoms with Gasteiger partial charge in [0.15, 0.2) is 0 Å². The number of imidazole rings is 1. The predicted molar refractivity (Wildman–Crippen MR) is 136 cm³/mol. The molecule has 0 bridgehead atoms. The molecule has 1 heterocycles. The second kappa shape index (κ2) is 9.51. The summed E-state index contributed by atoms with van der Waals surface area (Å²) in [4.78, 5) is 19.8. The van der Waals surface area contributed by atoms with Crippen molar-refractivity contribution in [2.45, 2.75) is 6.18 Å². The zero-order chi connectivity index (χ0) is 26.0. The lowest BCUT2D eigenvalue weighted by Gasteiger charge is -2.10. The monoisotopic (exact) mass is 497 g/mol. The lowest BCUT2D eigenvalue weighted by atomic mass is 10.0. The Balaban J connectivity index is 1.31. The minimum absolute atomic E-state index is 0.310. The van der Waals surface area contributed by atoms with Crippen LogP contribution in [0.4, 0.5) is 29.3 Å². The average Bonchev–Trinajstić information content (AvgIpc) is 3.32. The molecule has 0 radical (unpaired) electrons. The molecule has 3 N–H and O–H groups in total. The average molecular weight is 497 g/mol. The molecular weight excluding hydrogens is 479 g/mol. The van der Waals surface area contributed by atoms with Gasteiger partial charge in [-0.05, 0) is 59.7 Å². The van der Waals surface area contributed by atoms with E-state index in [1.807, 2.05) is 48.5 Å². The van der Waals surface area contributed by atoms with E-state index in [4.69, 9.17) is 5.26 Å². The van der Waals surface area contributed by atoms with E-state index in [9.17, 15) is 18.0 Å². The first kappa shape index (κ1) is 23.6. The number of rotatable bonds is 4. The number of halogens is 3. The first-order valence-corrected chi connectivity index (χ1v) is 11.1. The molecule has 0 atom stereocenters. The fourth-order valence-corrected chi connectivity index (χ4v) is 3.88. The molecule has 6 nitrogen and oxygen atoms in total. The normalized spacial score (nSPS) is 11.2. The molecule has 9 heteroatoms. The summed E-state index contributed by atoms with van der Waals surface area (Å²) in [6, 6.07) is 26.3. The van der Waals surface area contributed by atoms with Gasteiger partial charge in [0.2, 0.25) is 0 Å². The first-order chi connectivity index (χ1) is 17.8. The molecule has 0 aliphatic heterocycles. The van der Waals surface area contributed by atoms with E-state index in [0.717, 1.165) is 28.8 Å². The number of alkyl halides is 3. The van der Waals surface area contributed by atoms with Gasteiger partial charge in [0.25, 0.3) is 0 Å². The number of nitriles is 1. The quantitative estimate of drug-likeness (QED) is 0.241. The number of aromatic nitrogens is 2. The number of urea groups is 1. The zero-order valence-corrected chi connectivity index (χ0v) is 19.1. The van der Waals surface area contributed by atoms with Crippen LogP contribution in [0.5, 0.6) is 0 Å².